The second-order valence-electron chi connectivity index (χ2n) is 8.17. The summed E-state index contributed by atoms with van der Waals surface area (Å²) in [5.74, 6) is -0.283. The highest BCUT2D eigenvalue weighted by Crippen LogP contribution is 2.27. The molecule has 0 radical (unpaired) electrons. The molecule has 0 bridgehead atoms. The molecule has 8 heteroatoms. The maximum atomic E-state index is 13.1. The summed E-state index contributed by atoms with van der Waals surface area (Å²) in [5, 5.41) is 2.81. The second kappa shape index (κ2) is 9.26. The number of nitrogens with one attached hydrogen (secondary N) is 1. The zero-order chi connectivity index (χ0) is 22.7. The third kappa shape index (κ3) is 4.76. The minimum Gasteiger partial charge on any atom is -0.337 e. The fraction of sp³-hybridized carbons (Fsp3) is 0.333. The Bertz CT molecular complexity index is 1160. The van der Waals surface area contributed by atoms with E-state index in [1.165, 1.54) is 18.7 Å². The van der Waals surface area contributed by atoms with E-state index in [4.69, 9.17) is 0 Å². The Morgan fingerprint density at radius 2 is 1.88 bits per heavy atom. The fourth-order valence-corrected chi connectivity index (χ4v) is 5.25. The van der Waals surface area contributed by atoms with E-state index < -0.39 is 10.0 Å². The quantitative estimate of drug-likeness (QED) is 0.754. The lowest BCUT2D eigenvalue weighted by Crippen LogP contribution is -2.42. The normalized spacial score (nSPS) is 16.8. The summed E-state index contributed by atoms with van der Waals surface area (Å²) in [4.78, 5) is 26.3. The first-order valence-electron chi connectivity index (χ1n) is 10.8. The zero-order valence-corrected chi connectivity index (χ0v) is 18.9. The van der Waals surface area contributed by atoms with Gasteiger partial charge < -0.3 is 10.2 Å². The molecule has 0 atom stereocenters. The van der Waals surface area contributed by atoms with Gasteiger partial charge in [0.05, 0.1) is 11.4 Å². The van der Waals surface area contributed by atoms with Crippen LogP contribution >= 0.6 is 0 Å². The van der Waals surface area contributed by atoms with Gasteiger partial charge in [0.1, 0.15) is 0 Å². The Kier molecular flexibility index (Phi) is 6.43. The van der Waals surface area contributed by atoms with Gasteiger partial charge in [-0.15, -0.1) is 0 Å². The standard InChI is InChI=1S/C24H27N3O4S/c1-26(17-24(29)27-14-12-19(13-15-27)18-6-3-2-4-7-18)32(30,31)21-10-11-22-20(16-21)8-5-9-23(28)25-22/h2-4,6-7,10-12,16H,5,8-9,13-15,17H2,1H3,(H,25,28). The zero-order valence-electron chi connectivity index (χ0n) is 18.1. The molecule has 4 rings (SSSR count). The lowest BCUT2D eigenvalue weighted by atomic mass is 9.99. The number of benzene rings is 2. The van der Waals surface area contributed by atoms with Crippen molar-refractivity contribution in [2.24, 2.45) is 0 Å². The van der Waals surface area contributed by atoms with Gasteiger partial charge in [0.2, 0.25) is 21.8 Å². The number of likely N-dealkylation sites (N-methyl/N-ethyl adjacent to an activating group) is 1. The van der Waals surface area contributed by atoms with Crippen LogP contribution in [0.4, 0.5) is 5.69 Å². The molecule has 2 amide bonds. The maximum absolute atomic E-state index is 13.1. The average molecular weight is 454 g/mol. The number of rotatable bonds is 5. The molecule has 2 aliphatic heterocycles. The average Bonchev–Trinajstić information content (AvgIpc) is 2.99. The molecule has 2 aromatic carbocycles. The molecule has 0 fully saturated rings. The van der Waals surface area contributed by atoms with Crippen LogP contribution in [0, 0.1) is 0 Å². The molecule has 32 heavy (non-hydrogen) atoms. The van der Waals surface area contributed by atoms with Gasteiger partial charge in [-0.05, 0) is 54.2 Å². The molecule has 2 aromatic rings. The van der Waals surface area contributed by atoms with E-state index in [1.807, 2.05) is 24.3 Å². The molecular weight excluding hydrogens is 426 g/mol. The molecule has 2 aliphatic rings. The first-order chi connectivity index (χ1) is 15.3. The molecule has 0 unspecified atom stereocenters. The van der Waals surface area contributed by atoms with Gasteiger partial charge in [-0.25, -0.2) is 8.42 Å². The SMILES string of the molecule is CN(CC(=O)N1CC=C(c2ccccc2)CC1)S(=O)(=O)c1ccc2c(c1)CCCC(=O)N2. The Labute approximate surface area is 188 Å². The molecule has 0 saturated heterocycles. The molecular formula is C24H27N3O4S. The number of nitrogens with zero attached hydrogens (tertiary/aromatic N) is 2. The van der Waals surface area contributed by atoms with Crippen molar-refractivity contribution in [2.75, 3.05) is 32.0 Å². The molecule has 0 saturated carbocycles. The fourth-order valence-electron chi connectivity index (χ4n) is 4.08. The van der Waals surface area contributed by atoms with Crippen LogP contribution < -0.4 is 5.32 Å². The molecule has 0 spiro atoms. The Hall–Kier alpha value is -2.97. The van der Waals surface area contributed by atoms with Crippen LogP contribution in [0.25, 0.3) is 5.57 Å². The third-order valence-electron chi connectivity index (χ3n) is 5.97. The second-order valence-corrected chi connectivity index (χ2v) is 10.2. The van der Waals surface area contributed by atoms with Crippen LogP contribution in [0.15, 0.2) is 59.5 Å². The Morgan fingerprint density at radius 1 is 1.09 bits per heavy atom. The predicted octanol–water partition coefficient (Wildman–Crippen LogP) is 2.90. The van der Waals surface area contributed by atoms with Crippen molar-refractivity contribution >= 4 is 33.1 Å². The highest BCUT2D eigenvalue weighted by Gasteiger charge is 2.27. The monoisotopic (exact) mass is 453 g/mol. The number of amides is 2. The smallest absolute Gasteiger partial charge is 0.243 e. The van der Waals surface area contributed by atoms with E-state index in [-0.39, 0.29) is 23.3 Å². The van der Waals surface area contributed by atoms with Crippen molar-refractivity contribution in [3.63, 3.8) is 0 Å². The van der Waals surface area contributed by atoms with E-state index in [9.17, 15) is 18.0 Å². The van der Waals surface area contributed by atoms with Gasteiger partial charge in [-0.3, -0.25) is 9.59 Å². The van der Waals surface area contributed by atoms with Gasteiger partial charge in [0.25, 0.3) is 0 Å². The maximum Gasteiger partial charge on any atom is 0.243 e. The lowest BCUT2D eigenvalue weighted by Gasteiger charge is -2.28. The van der Waals surface area contributed by atoms with Crippen LogP contribution in [0.3, 0.4) is 0 Å². The number of fused-ring (bicyclic) bond motifs is 1. The van der Waals surface area contributed by atoms with Crippen molar-refractivity contribution in [1.29, 1.82) is 0 Å². The third-order valence-corrected chi connectivity index (χ3v) is 7.77. The lowest BCUT2D eigenvalue weighted by molar-refractivity contribution is -0.130. The largest absolute Gasteiger partial charge is 0.337 e. The highest BCUT2D eigenvalue weighted by atomic mass is 32.2. The summed E-state index contributed by atoms with van der Waals surface area (Å²) < 4.78 is 27.3. The van der Waals surface area contributed by atoms with Crippen molar-refractivity contribution in [3.8, 4) is 0 Å². The summed E-state index contributed by atoms with van der Waals surface area (Å²) >= 11 is 0. The van der Waals surface area contributed by atoms with E-state index in [1.54, 1.807) is 17.0 Å². The number of aryl methyl sites for hydroxylation is 1. The number of anilines is 1. The Balaban J connectivity index is 1.42. The summed E-state index contributed by atoms with van der Waals surface area (Å²) in [5.41, 5.74) is 3.80. The molecule has 7 nitrogen and oxygen atoms in total. The number of carbonyl (C=O) groups is 2. The molecule has 1 N–H and O–H groups in total. The molecule has 168 valence electrons. The number of carbonyl (C=O) groups excluding carboxylic acids is 2. The van der Waals surface area contributed by atoms with E-state index in [0.29, 0.717) is 38.0 Å². The first kappa shape index (κ1) is 22.2. The van der Waals surface area contributed by atoms with Gasteiger partial charge in [0.15, 0.2) is 0 Å². The number of hydrogen-bond donors (Lipinski definition) is 1. The highest BCUT2D eigenvalue weighted by molar-refractivity contribution is 7.89. The number of hydrogen-bond acceptors (Lipinski definition) is 4. The minimum atomic E-state index is -3.83. The molecule has 0 aromatic heterocycles. The minimum absolute atomic E-state index is 0.0620. The number of sulfonamides is 1. The van der Waals surface area contributed by atoms with Crippen LogP contribution in [-0.4, -0.2) is 56.1 Å². The van der Waals surface area contributed by atoms with Gasteiger partial charge in [-0.1, -0.05) is 36.4 Å². The Morgan fingerprint density at radius 3 is 2.59 bits per heavy atom. The van der Waals surface area contributed by atoms with Crippen molar-refractivity contribution in [1.82, 2.24) is 9.21 Å². The van der Waals surface area contributed by atoms with Crippen LogP contribution in [0.1, 0.15) is 30.4 Å². The summed E-state index contributed by atoms with van der Waals surface area (Å²) in [6.07, 6.45) is 4.49. The summed E-state index contributed by atoms with van der Waals surface area (Å²) in [6.45, 7) is 0.812. The predicted molar refractivity (Wildman–Crippen MR) is 123 cm³/mol. The van der Waals surface area contributed by atoms with Crippen molar-refractivity contribution < 1.29 is 18.0 Å². The van der Waals surface area contributed by atoms with Crippen molar-refractivity contribution in [2.45, 2.75) is 30.6 Å². The first-order valence-corrected chi connectivity index (χ1v) is 12.2. The van der Waals surface area contributed by atoms with Crippen LogP contribution in [-0.2, 0) is 26.0 Å². The van der Waals surface area contributed by atoms with E-state index >= 15 is 0 Å². The van der Waals surface area contributed by atoms with Gasteiger partial charge in [0, 0.05) is 32.2 Å². The summed E-state index contributed by atoms with van der Waals surface area (Å²) in [7, 11) is -2.40. The summed E-state index contributed by atoms with van der Waals surface area (Å²) in [6, 6.07) is 14.8. The van der Waals surface area contributed by atoms with E-state index in [0.717, 1.165) is 21.9 Å². The topological polar surface area (TPSA) is 86.8 Å². The van der Waals surface area contributed by atoms with Gasteiger partial charge >= 0.3 is 0 Å². The molecule has 2 heterocycles. The van der Waals surface area contributed by atoms with Crippen LogP contribution in [0.2, 0.25) is 0 Å². The van der Waals surface area contributed by atoms with E-state index in [2.05, 4.69) is 17.4 Å². The van der Waals surface area contributed by atoms with Gasteiger partial charge in [-0.2, -0.15) is 4.31 Å². The van der Waals surface area contributed by atoms with Crippen molar-refractivity contribution in [3.05, 3.63) is 65.7 Å². The van der Waals surface area contributed by atoms with Crippen LogP contribution in [0.5, 0.6) is 0 Å². The molecule has 0 aliphatic carbocycles.